The van der Waals surface area contributed by atoms with E-state index in [9.17, 15) is 0 Å². The Bertz CT molecular complexity index is 467. The molecule has 0 fully saturated rings. The maximum absolute atomic E-state index is 5.80. The number of hydrogen-bond acceptors (Lipinski definition) is 2. The fraction of sp³-hybridized carbons (Fsp3) is 0.286. The fourth-order valence-electron chi connectivity index (χ4n) is 1.80. The SMILES string of the molecule is CNCC(C)Oc1ccc2ccccc2c1. The molecule has 0 saturated heterocycles. The Morgan fingerprint density at radius 3 is 2.62 bits per heavy atom. The number of benzene rings is 2. The lowest BCUT2D eigenvalue weighted by Gasteiger charge is -2.14. The molecule has 84 valence electrons. The van der Waals surface area contributed by atoms with E-state index in [0.29, 0.717) is 0 Å². The summed E-state index contributed by atoms with van der Waals surface area (Å²) in [6, 6.07) is 14.5. The third-order valence-electron chi connectivity index (χ3n) is 2.55. The second kappa shape index (κ2) is 4.99. The minimum absolute atomic E-state index is 0.186. The normalized spacial score (nSPS) is 12.6. The molecular formula is C14H17NO. The van der Waals surface area contributed by atoms with Crippen LogP contribution in [0.3, 0.4) is 0 Å². The van der Waals surface area contributed by atoms with Crippen LogP contribution in [0.25, 0.3) is 10.8 Å². The van der Waals surface area contributed by atoms with Crippen LogP contribution in [0.15, 0.2) is 42.5 Å². The Morgan fingerprint density at radius 1 is 1.12 bits per heavy atom. The minimum atomic E-state index is 0.186. The van der Waals surface area contributed by atoms with Crippen molar-refractivity contribution in [1.82, 2.24) is 5.32 Å². The molecule has 0 bridgehead atoms. The van der Waals surface area contributed by atoms with Crippen LogP contribution in [0.1, 0.15) is 6.92 Å². The minimum Gasteiger partial charge on any atom is -0.489 e. The van der Waals surface area contributed by atoms with Crippen molar-refractivity contribution in [3.05, 3.63) is 42.5 Å². The Labute approximate surface area is 96.2 Å². The molecule has 0 aliphatic heterocycles. The lowest BCUT2D eigenvalue weighted by molar-refractivity contribution is 0.221. The molecule has 0 aliphatic carbocycles. The zero-order valence-electron chi connectivity index (χ0n) is 9.73. The first kappa shape index (κ1) is 11.0. The lowest BCUT2D eigenvalue weighted by atomic mass is 10.1. The molecule has 2 aromatic carbocycles. The number of fused-ring (bicyclic) bond motifs is 1. The van der Waals surface area contributed by atoms with E-state index in [1.807, 2.05) is 25.2 Å². The van der Waals surface area contributed by atoms with Crippen LogP contribution in [0.2, 0.25) is 0 Å². The summed E-state index contributed by atoms with van der Waals surface area (Å²) < 4.78 is 5.80. The van der Waals surface area contributed by atoms with Crippen molar-refractivity contribution >= 4 is 10.8 Å². The van der Waals surface area contributed by atoms with Crippen molar-refractivity contribution in [2.75, 3.05) is 13.6 Å². The van der Waals surface area contributed by atoms with Crippen molar-refractivity contribution in [2.24, 2.45) is 0 Å². The third kappa shape index (κ3) is 2.52. The van der Waals surface area contributed by atoms with Gasteiger partial charge in [-0.05, 0) is 36.9 Å². The Kier molecular flexibility index (Phi) is 3.42. The topological polar surface area (TPSA) is 21.3 Å². The van der Waals surface area contributed by atoms with Gasteiger partial charge in [0.1, 0.15) is 11.9 Å². The number of likely N-dealkylation sites (N-methyl/N-ethyl adjacent to an activating group) is 1. The first-order valence-corrected chi connectivity index (χ1v) is 5.59. The second-order valence-corrected chi connectivity index (χ2v) is 4.00. The molecule has 1 unspecified atom stereocenters. The maximum atomic E-state index is 5.80. The van der Waals surface area contributed by atoms with Gasteiger partial charge in [0.15, 0.2) is 0 Å². The van der Waals surface area contributed by atoms with E-state index in [1.165, 1.54) is 10.8 Å². The van der Waals surface area contributed by atoms with Crippen LogP contribution in [0.5, 0.6) is 5.75 Å². The van der Waals surface area contributed by atoms with Crippen molar-refractivity contribution in [3.8, 4) is 5.75 Å². The summed E-state index contributed by atoms with van der Waals surface area (Å²) in [4.78, 5) is 0. The van der Waals surface area contributed by atoms with Crippen LogP contribution in [0.4, 0.5) is 0 Å². The Morgan fingerprint density at radius 2 is 1.88 bits per heavy atom. The van der Waals surface area contributed by atoms with Gasteiger partial charge in [-0.15, -0.1) is 0 Å². The predicted molar refractivity (Wildman–Crippen MR) is 68.0 cm³/mol. The van der Waals surface area contributed by atoms with E-state index < -0.39 is 0 Å². The molecule has 2 rings (SSSR count). The first-order valence-electron chi connectivity index (χ1n) is 5.59. The van der Waals surface area contributed by atoms with Gasteiger partial charge in [-0.25, -0.2) is 0 Å². The van der Waals surface area contributed by atoms with Gasteiger partial charge >= 0.3 is 0 Å². The van der Waals surface area contributed by atoms with Gasteiger partial charge in [0.25, 0.3) is 0 Å². The quantitative estimate of drug-likeness (QED) is 0.846. The zero-order chi connectivity index (χ0) is 11.4. The molecule has 2 heteroatoms. The van der Waals surface area contributed by atoms with Gasteiger partial charge in [0, 0.05) is 6.54 Å². The lowest BCUT2D eigenvalue weighted by Crippen LogP contribution is -2.25. The van der Waals surface area contributed by atoms with Crippen LogP contribution < -0.4 is 10.1 Å². The standard InChI is InChI=1S/C14H17NO/c1-11(10-15-2)16-14-8-7-12-5-3-4-6-13(12)9-14/h3-9,11,15H,10H2,1-2H3. The number of hydrogen-bond donors (Lipinski definition) is 1. The van der Waals surface area contributed by atoms with E-state index >= 15 is 0 Å². The summed E-state index contributed by atoms with van der Waals surface area (Å²) in [6.07, 6.45) is 0.186. The average Bonchev–Trinajstić information content (AvgIpc) is 2.29. The molecule has 0 amide bonds. The van der Waals surface area contributed by atoms with Crippen LogP contribution >= 0.6 is 0 Å². The number of nitrogens with one attached hydrogen (secondary N) is 1. The molecule has 1 atom stereocenters. The summed E-state index contributed by atoms with van der Waals surface area (Å²) in [7, 11) is 1.93. The fourth-order valence-corrected chi connectivity index (χ4v) is 1.80. The van der Waals surface area contributed by atoms with Gasteiger partial charge in [-0.1, -0.05) is 30.3 Å². The highest BCUT2D eigenvalue weighted by Crippen LogP contribution is 2.21. The van der Waals surface area contributed by atoms with Gasteiger partial charge in [-0.2, -0.15) is 0 Å². The maximum Gasteiger partial charge on any atom is 0.120 e. The highest BCUT2D eigenvalue weighted by atomic mass is 16.5. The van der Waals surface area contributed by atoms with Gasteiger partial charge in [0.2, 0.25) is 0 Å². The molecule has 0 radical (unpaired) electrons. The molecule has 2 nitrogen and oxygen atoms in total. The van der Waals surface area contributed by atoms with Gasteiger partial charge < -0.3 is 10.1 Å². The second-order valence-electron chi connectivity index (χ2n) is 4.00. The van der Waals surface area contributed by atoms with E-state index in [0.717, 1.165) is 12.3 Å². The third-order valence-corrected chi connectivity index (χ3v) is 2.55. The highest BCUT2D eigenvalue weighted by Gasteiger charge is 2.02. The van der Waals surface area contributed by atoms with Gasteiger partial charge in [-0.3, -0.25) is 0 Å². The predicted octanol–water partition coefficient (Wildman–Crippen LogP) is 2.83. The molecular weight excluding hydrogens is 198 g/mol. The number of rotatable bonds is 4. The van der Waals surface area contributed by atoms with E-state index in [1.54, 1.807) is 0 Å². The van der Waals surface area contributed by atoms with Crippen LogP contribution in [-0.2, 0) is 0 Å². The first-order chi connectivity index (χ1) is 7.79. The summed E-state index contributed by atoms with van der Waals surface area (Å²) in [5.74, 6) is 0.932. The summed E-state index contributed by atoms with van der Waals surface area (Å²) in [5, 5.41) is 5.57. The summed E-state index contributed by atoms with van der Waals surface area (Å²) >= 11 is 0. The molecule has 0 heterocycles. The molecule has 0 aliphatic rings. The molecule has 2 aromatic rings. The van der Waals surface area contributed by atoms with Crippen molar-refractivity contribution < 1.29 is 4.74 Å². The molecule has 1 N–H and O–H groups in total. The average molecular weight is 215 g/mol. The monoisotopic (exact) mass is 215 g/mol. The smallest absolute Gasteiger partial charge is 0.120 e. The highest BCUT2D eigenvalue weighted by molar-refractivity contribution is 5.83. The van der Waals surface area contributed by atoms with Crippen LogP contribution in [0, 0.1) is 0 Å². The van der Waals surface area contributed by atoms with Crippen molar-refractivity contribution in [1.29, 1.82) is 0 Å². The Hall–Kier alpha value is -1.54. The summed E-state index contributed by atoms with van der Waals surface area (Å²) in [5.41, 5.74) is 0. The largest absolute Gasteiger partial charge is 0.489 e. The van der Waals surface area contributed by atoms with E-state index in [-0.39, 0.29) is 6.10 Å². The van der Waals surface area contributed by atoms with Crippen LogP contribution in [-0.4, -0.2) is 19.7 Å². The zero-order valence-corrected chi connectivity index (χ0v) is 9.73. The molecule has 0 aromatic heterocycles. The van der Waals surface area contributed by atoms with Gasteiger partial charge in [0.05, 0.1) is 0 Å². The van der Waals surface area contributed by atoms with E-state index in [2.05, 4.69) is 36.5 Å². The molecule has 0 spiro atoms. The molecule has 16 heavy (non-hydrogen) atoms. The molecule has 0 saturated carbocycles. The van der Waals surface area contributed by atoms with Crippen molar-refractivity contribution in [3.63, 3.8) is 0 Å². The summed E-state index contributed by atoms with van der Waals surface area (Å²) in [6.45, 7) is 2.92. The number of ether oxygens (including phenoxy) is 1. The van der Waals surface area contributed by atoms with E-state index in [4.69, 9.17) is 4.74 Å². The Balaban J connectivity index is 2.19. The van der Waals surface area contributed by atoms with Crippen molar-refractivity contribution in [2.45, 2.75) is 13.0 Å².